The van der Waals surface area contributed by atoms with Crippen LogP contribution in [0, 0.1) is 6.92 Å². The first-order chi connectivity index (χ1) is 9.19. The van der Waals surface area contributed by atoms with Gasteiger partial charge in [0.1, 0.15) is 0 Å². The molecule has 0 aliphatic carbocycles. The second-order valence-corrected chi connectivity index (χ2v) is 4.36. The number of carbonyl (C=O) groups is 1. The lowest BCUT2D eigenvalue weighted by atomic mass is 10.1. The van der Waals surface area contributed by atoms with Gasteiger partial charge in [-0.2, -0.15) is 0 Å². The molecule has 0 aliphatic heterocycles. The van der Waals surface area contributed by atoms with Crippen LogP contribution in [0.2, 0.25) is 0 Å². The van der Waals surface area contributed by atoms with E-state index in [9.17, 15) is 4.79 Å². The second-order valence-electron chi connectivity index (χ2n) is 4.36. The summed E-state index contributed by atoms with van der Waals surface area (Å²) in [6.07, 6.45) is 4.92. The first-order valence-corrected chi connectivity index (χ1v) is 6.02. The first-order valence-electron chi connectivity index (χ1n) is 6.02. The molecule has 0 spiro atoms. The molecular weight excluding hydrogens is 240 g/mol. The van der Waals surface area contributed by atoms with Crippen molar-refractivity contribution in [3.8, 4) is 0 Å². The summed E-state index contributed by atoms with van der Waals surface area (Å²) in [6, 6.07) is 12.1. The van der Waals surface area contributed by atoms with Gasteiger partial charge in [0.15, 0.2) is 0 Å². The molecule has 0 radical (unpaired) electrons. The minimum atomic E-state index is -0.539. The maximum atomic E-state index is 11.0. The van der Waals surface area contributed by atoms with Gasteiger partial charge < -0.3 is 4.57 Å². The molecule has 4 nitrogen and oxygen atoms in total. The number of hydrogen-bond acceptors (Lipinski definition) is 2. The van der Waals surface area contributed by atoms with Crippen LogP contribution in [0.15, 0.2) is 48.7 Å². The van der Waals surface area contributed by atoms with Crippen LogP contribution in [-0.4, -0.2) is 15.7 Å². The van der Waals surface area contributed by atoms with Crippen LogP contribution in [0.1, 0.15) is 16.8 Å². The Bertz CT molecular complexity index is 600. The predicted octanol–water partition coefficient (Wildman–Crippen LogP) is 2.36. The molecule has 1 aromatic heterocycles. The molecule has 0 fully saturated rings. The third kappa shape index (κ3) is 3.56. The predicted molar refractivity (Wildman–Crippen MR) is 73.7 cm³/mol. The average molecular weight is 256 g/mol. The second kappa shape index (κ2) is 6.02. The molecule has 1 amide bonds. The SMILES string of the molecule is Cc1cccc(Cn2cccc2/C=C/C(=O)NO)c1. The van der Waals surface area contributed by atoms with Crippen LogP contribution >= 0.6 is 0 Å². The molecule has 0 saturated heterocycles. The highest BCUT2D eigenvalue weighted by atomic mass is 16.5. The van der Waals surface area contributed by atoms with E-state index >= 15 is 0 Å². The number of aromatic nitrogens is 1. The molecule has 4 heteroatoms. The quantitative estimate of drug-likeness (QED) is 0.501. The average Bonchev–Trinajstić information content (AvgIpc) is 2.83. The molecular formula is C15H16N2O2. The molecule has 0 aliphatic rings. The number of nitrogens with zero attached hydrogens (tertiary/aromatic N) is 1. The summed E-state index contributed by atoms with van der Waals surface area (Å²) in [5.74, 6) is -0.539. The van der Waals surface area contributed by atoms with Crippen LogP contribution in [0.4, 0.5) is 0 Å². The molecule has 0 atom stereocenters. The van der Waals surface area contributed by atoms with Crippen molar-refractivity contribution < 1.29 is 10.0 Å². The molecule has 1 aromatic carbocycles. The van der Waals surface area contributed by atoms with Crippen LogP contribution < -0.4 is 5.48 Å². The van der Waals surface area contributed by atoms with E-state index < -0.39 is 5.91 Å². The van der Waals surface area contributed by atoms with Gasteiger partial charge in [-0.3, -0.25) is 10.0 Å². The smallest absolute Gasteiger partial charge is 0.267 e. The van der Waals surface area contributed by atoms with Crippen molar-refractivity contribution in [1.29, 1.82) is 0 Å². The molecule has 2 aromatic rings. The summed E-state index contributed by atoms with van der Waals surface area (Å²) in [5, 5.41) is 8.44. The third-order valence-corrected chi connectivity index (χ3v) is 2.82. The first kappa shape index (κ1) is 13.1. The van der Waals surface area contributed by atoms with E-state index in [1.165, 1.54) is 17.2 Å². The number of benzene rings is 1. The van der Waals surface area contributed by atoms with Gasteiger partial charge in [-0.1, -0.05) is 29.8 Å². The number of amides is 1. The van der Waals surface area contributed by atoms with Crippen molar-refractivity contribution in [2.45, 2.75) is 13.5 Å². The Kier molecular flexibility index (Phi) is 4.15. The Morgan fingerprint density at radius 3 is 2.95 bits per heavy atom. The Labute approximate surface area is 112 Å². The van der Waals surface area contributed by atoms with Gasteiger partial charge in [-0.05, 0) is 30.7 Å². The van der Waals surface area contributed by atoms with Gasteiger partial charge in [0, 0.05) is 24.5 Å². The summed E-state index contributed by atoms with van der Waals surface area (Å²) in [4.78, 5) is 11.0. The minimum Gasteiger partial charge on any atom is -0.344 e. The van der Waals surface area contributed by atoms with Gasteiger partial charge in [0.25, 0.3) is 5.91 Å². The van der Waals surface area contributed by atoms with Crippen molar-refractivity contribution in [2.24, 2.45) is 0 Å². The van der Waals surface area contributed by atoms with Crippen LogP contribution in [0.5, 0.6) is 0 Å². The summed E-state index contributed by atoms with van der Waals surface area (Å²) >= 11 is 0. The van der Waals surface area contributed by atoms with E-state index in [2.05, 4.69) is 25.1 Å². The van der Waals surface area contributed by atoms with Gasteiger partial charge in [0.05, 0.1) is 0 Å². The number of rotatable bonds is 4. The highest BCUT2D eigenvalue weighted by Crippen LogP contribution is 2.11. The Morgan fingerprint density at radius 2 is 2.21 bits per heavy atom. The van der Waals surface area contributed by atoms with Crippen LogP contribution in [-0.2, 0) is 11.3 Å². The minimum absolute atomic E-state index is 0.539. The number of aryl methyl sites for hydroxylation is 1. The standard InChI is InChI=1S/C15H16N2O2/c1-12-4-2-5-13(10-12)11-17-9-3-6-14(17)7-8-15(18)16-19/h2-10,19H,11H2,1H3,(H,16,18)/b8-7+. The van der Waals surface area contributed by atoms with Crippen LogP contribution in [0.25, 0.3) is 6.08 Å². The number of hydroxylamine groups is 1. The zero-order chi connectivity index (χ0) is 13.7. The van der Waals surface area contributed by atoms with Crippen molar-refractivity contribution in [1.82, 2.24) is 10.0 Å². The Morgan fingerprint density at radius 1 is 1.37 bits per heavy atom. The summed E-state index contributed by atoms with van der Waals surface area (Å²) < 4.78 is 2.04. The lowest BCUT2D eigenvalue weighted by molar-refractivity contribution is -0.124. The van der Waals surface area contributed by atoms with E-state index in [1.54, 1.807) is 11.6 Å². The van der Waals surface area contributed by atoms with Crippen molar-refractivity contribution in [2.75, 3.05) is 0 Å². The molecule has 0 unspecified atom stereocenters. The number of carbonyl (C=O) groups excluding carboxylic acids is 1. The fourth-order valence-electron chi connectivity index (χ4n) is 1.93. The zero-order valence-corrected chi connectivity index (χ0v) is 10.7. The molecule has 19 heavy (non-hydrogen) atoms. The summed E-state index contributed by atoms with van der Waals surface area (Å²) in [5.41, 5.74) is 4.91. The molecule has 2 N–H and O–H groups in total. The summed E-state index contributed by atoms with van der Waals surface area (Å²) in [7, 11) is 0. The highest BCUT2D eigenvalue weighted by molar-refractivity contribution is 5.90. The fraction of sp³-hybridized carbons (Fsp3) is 0.133. The third-order valence-electron chi connectivity index (χ3n) is 2.82. The highest BCUT2D eigenvalue weighted by Gasteiger charge is 2.00. The molecule has 98 valence electrons. The molecule has 0 bridgehead atoms. The van der Waals surface area contributed by atoms with E-state index in [1.807, 2.05) is 29.0 Å². The lowest BCUT2D eigenvalue weighted by Crippen LogP contribution is -2.15. The van der Waals surface area contributed by atoms with Crippen molar-refractivity contribution in [3.63, 3.8) is 0 Å². The van der Waals surface area contributed by atoms with Crippen LogP contribution in [0.3, 0.4) is 0 Å². The number of nitrogens with one attached hydrogen (secondary N) is 1. The maximum Gasteiger partial charge on any atom is 0.267 e. The van der Waals surface area contributed by atoms with Gasteiger partial charge >= 0.3 is 0 Å². The number of hydrogen-bond donors (Lipinski definition) is 2. The monoisotopic (exact) mass is 256 g/mol. The zero-order valence-electron chi connectivity index (χ0n) is 10.7. The topological polar surface area (TPSA) is 54.3 Å². The summed E-state index contributed by atoms with van der Waals surface area (Å²) in [6.45, 7) is 2.81. The van der Waals surface area contributed by atoms with E-state index in [4.69, 9.17) is 5.21 Å². The largest absolute Gasteiger partial charge is 0.344 e. The van der Waals surface area contributed by atoms with Gasteiger partial charge in [0.2, 0.25) is 0 Å². The Balaban J connectivity index is 2.16. The van der Waals surface area contributed by atoms with Gasteiger partial charge in [-0.15, -0.1) is 0 Å². The molecule has 2 rings (SSSR count). The Hall–Kier alpha value is -2.33. The van der Waals surface area contributed by atoms with Crippen molar-refractivity contribution >= 4 is 12.0 Å². The van der Waals surface area contributed by atoms with E-state index in [0.29, 0.717) is 0 Å². The maximum absolute atomic E-state index is 11.0. The lowest BCUT2D eigenvalue weighted by Gasteiger charge is -2.07. The van der Waals surface area contributed by atoms with E-state index in [-0.39, 0.29) is 0 Å². The van der Waals surface area contributed by atoms with Crippen molar-refractivity contribution in [3.05, 3.63) is 65.5 Å². The fourth-order valence-corrected chi connectivity index (χ4v) is 1.93. The molecule has 1 heterocycles. The molecule has 0 saturated carbocycles. The van der Waals surface area contributed by atoms with E-state index in [0.717, 1.165) is 12.2 Å². The van der Waals surface area contributed by atoms with Gasteiger partial charge in [-0.25, -0.2) is 5.48 Å². The normalized spacial score (nSPS) is 10.8.